The number of ether oxygens (including phenoxy) is 2. The molecule has 0 bridgehead atoms. The molecule has 8 nitrogen and oxygen atoms in total. The molecule has 0 saturated carbocycles. The zero-order valence-corrected chi connectivity index (χ0v) is 19.9. The van der Waals surface area contributed by atoms with E-state index in [1.807, 2.05) is 0 Å². The Morgan fingerprint density at radius 2 is 1.19 bits per heavy atom. The van der Waals surface area contributed by atoms with Crippen LogP contribution in [-0.2, 0) is 34.0 Å². The third-order valence-corrected chi connectivity index (χ3v) is 6.05. The summed E-state index contributed by atoms with van der Waals surface area (Å²) >= 11 is 0. The van der Waals surface area contributed by atoms with Gasteiger partial charge in [0.2, 0.25) is 0 Å². The van der Waals surface area contributed by atoms with Crippen molar-refractivity contribution in [3.05, 3.63) is 0 Å². The molecule has 0 amide bonds. The normalized spacial score (nSPS) is 12.4. The van der Waals surface area contributed by atoms with Gasteiger partial charge in [0.15, 0.2) is 5.25 Å². The number of carbonyl (C=O) groups is 3. The van der Waals surface area contributed by atoms with Gasteiger partial charge >= 0.3 is 17.9 Å². The van der Waals surface area contributed by atoms with Crippen LogP contribution in [-0.4, -0.2) is 42.7 Å². The summed E-state index contributed by atoms with van der Waals surface area (Å²) in [7, 11) is -4.85. The molecule has 182 valence electrons. The summed E-state index contributed by atoms with van der Waals surface area (Å²) < 4.78 is 40.6. The summed E-state index contributed by atoms with van der Waals surface area (Å²) in [5, 5.41) is -2.09. The van der Waals surface area contributed by atoms with Crippen LogP contribution in [0.5, 0.6) is 0 Å². The van der Waals surface area contributed by atoms with E-state index in [-0.39, 0.29) is 13.0 Å². The molecule has 9 heteroatoms. The van der Waals surface area contributed by atoms with Crippen molar-refractivity contribution in [1.82, 2.24) is 0 Å². The fraction of sp³-hybridized carbons (Fsp3) is 0.864. The Hall–Kier alpha value is -1.48. The third kappa shape index (κ3) is 16.8. The minimum absolute atomic E-state index is 0.0411. The van der Waals surface area contributed by atoms with Crippen LogP contribution < -0.4 is 0 Å². The summed E-state index contributed by atoms with van der Waals surface area (Å²) in [6.07, 6.45) is 14.2. The van der Waals surface area contributed by atoms with Crippen LogP contribution in [0.15, 0.2) is 0 Å². The maximum Gasteiger partial charge on any atom is 0.327 e. The second-order valence-electron chi connectivity index (χ2n) is 7.80. The van der Waals surface area contributed by atoms with Crippen molar-refractivity contribution in [2.75, 3.05) is 6.61 Å². The Morgan fingerprint density at radius 3 is 1.61 bits per heavy atom. The minimum atomic E-state index is -4.85. The van der Waals surface area contributed by atoms with Crippen molar-refractivity contribution < 1.29 is 36.8 Å². The molecular formula is C22H40O8S. The van der Waals surface area contributed by atoms with E-state index in [4.69, 9.17) is 4.55 Å². The van der Waals surface area contributed by atoms with Gasteiger partial charge < -0.3 is 9.47 Å². The first-order chi connectivity index (χ1) is 14.7. The fourth-order valence-electron chi connectivity index (χ4n) is 3.20. The largest absolute Gasteiger partial charge is 0.465 e. The van der Waals surface area contributed by atoms with E-state index in [0.717, 1.165) is 19.3 Å². The Morgan fingerprint density at radius 1 is 0.742 bits per heavy atom. The van der Waals surface area contributed by atoms with E-state index in [1.165, 1.54) is 64.7 Å². The standard InChI is InChI=1S/C22H40O8S/c1-3-5-6-7-8-9-10-11-12-13-14-15-16-17-20(23)30-21(24)18-19(31(26,27)28)22(25)29-4-2/h19H,3-18H2,1-2H3,(H,26,27,28). The first-order valence-electron chi connectivity index (χ1n) is 11.6. The molecule has 0 aliphatic rings. The van der Waals surface area contributed by atoms with Crippen molar-refractivity contribution in [3.63, 3.8) is 0 Å². The smallest absolute Gasteiger partial charge is 0.327 e. The molecule has 0 heterocycles. The highest BCUT2D eigenvalue weighted by molar-refractivity contribution is 7.87. The molecule has 0 saturated heterocycles. The molecule has 0 fully saturated rings. The topological polar surface area (TPSA) is 124 Å². The highest BCUT2D eigenvalue weighted by Crippen LogP contribution is 2.14. The summed E-state index contributed by atoms with van der Waals surface area (Å²) in [6, 6.07) is 0. The lowest BCUT2D eigenvalue weighted by atomic mass is 10.0. The highest BCUT2D eigenvalue weighted by Gasteiger charge is 2.35. The second-order valence-corrected chi connectivity index (χ2v) is 9.40. The minimum Gasteiger partial charge on any atom is -0.465 e. The zero-order valence-electron chi connectivity index (χ0n) is 19.1. The van der Waals surface area contributed by atoms with Gasteiger partial charge in [-0.05, 0) is 13.3 Å². The predicted octanol–water partition coefficient (Wildman–Crippen LogP) is 4.75. The quantitative estimate of drug-likeness (QED) is 0.126. The van der Waals surface area contributed by atoms with E-state index in [0.29, 0.717) is 6.42 Å². The lowest BCUT2D eigenvalue weighted by Crippen LogP contribution is -2.34. The first kappa shape index (κ1) is 29.5. The summed E-state index contributed by atoms with van der Waals surface area (Å²) in [5.41, 5.74) is 0. The fourth-order valence-corrected chi connectivity index (χ4v) is 3.86. The first-order valence-corrected chi connectivity index (χ1v) is 13.1. The Balaban J connectivity index is 3.83. The number of esters is 3. The summed E-state index contributed by atoms with van der Waals surface area (Å²) in [6.45, 7) is 3.56. The highest BCUT2D eigenvalue weighted by atomic mass is 32.2. The van der Waals surface area contributed by atoms with Gasteiger partial charge in [0.1, 0.15) is 0 Å². The van der Waals surface area contributed by atoms with E-state index < -0.39 is 39.7 Å². The lowest BCUT2D eigenvalue weighted by Gasteiger charge is -2.11. The molecule has 1 unspecified atom stereocenters. The molecule has 0 radical (unpaired) electrons. The molecule has 0 aliphatic heterocycles. The van der Waals surface area contributed by atoms with E-state index >= 15 is 0 Å². The van der Waals surface area contributed by atoms with Crippen LogP contribution in [0.2, 0.25) is 0 Å². The monoisotopic (exact) mass is 464 g/mol. The van der Waals surface area contributed by atoms with Gasteiger partial charge in [-0.15, -0.1) is 0 Å². The molecule has 1 N–H and O–H groups in total. The molecule has 0 aromatic heterocycles. The lowest BCUT2D eigenvalue weighted by molar-refractivity contribution is -0.161. The van der Waals surface area contributed by atoms with Gasteiger partial charge in [-0.2, -0.15) is 8.42 Å². The zero-order chi connectivity index (χ0) is 23.5. The molecule has 1 atom stereocenters. The van der Waals surface area contributed by atoms with Crippen molar-refractivity contribution in [3.8, 4) is 0 Å². The van der Waals surface area contributed by atoms with Gasteiger partial charge in [0.05, 0.1) is 13.0 Å². The van der Waals surface area contributed by atoms with Gasteiger partial charge in [-0.1, -0.05) is 84.0 Å². The van der Waals surface area contributed by atoms with Crippen LogP contribution in [0, 0.1) is 0 Å². The Bertz CT molecular complexity index is 615. The van der Waals surface area contributed by atoms with Crippen LogP contribution >= 0.6 is 0 Å². The van der Waals surface area contributed by atoms with Crippen molar-refractivity contribution in [2.24, 2.45) is 0 Å². The van der Waals surface area contributed by atoms with Gasteiger partial charge in [0, 0.05) is 6.42 Å². The van der Waals surface area contributed by atoms with E-state index in [9.17, 15) is 22.8 Å². The summed E-state index contributed by atoms with van der Waals surface area (Å²) in [4.78, 5) is 35.0. The summed E-state index contributed by atoms with van der Waals surface area (Å²) in [5.74, 6) is -3.22. The van der Waals surface area contributed by atoms with Gasteiger partial charge in [-0.3, -0.25) is 18.9 Å². The van der Waals surface area contributed by atoms with Crippen LogP contribution in [0.1, 0.15) is 110 Å². The molecule has 0 aromatic rings. The van der Waals surface area contributed by atoms with E-state index in [1.54, 1.807) is 0 Å². The van der Waals surface area contributed by atoms with Gasteiger partial charge in [-0.25, -0.2) is 0 Å². The molecule has 0 aliphatic carbocycles. The van der Waals surface area contributed by atoms with Gasteiger partial charge in [0.25, 0.3) is 10.1 Å². The number of rotatable bonds is 19. The average Bonchev–Trinajstić information content (AvgIpc) is 2.69. The van der Waals surface area contributed by atoms with Crippen molar-refractivity contribution >= 4 is 28.0 Å². The molecule has 0 spiro atoms. The molecule has 0 aromatic carbocycles. The molecule has 0 rings (SSSR count). The van der Waals surface area contributed by atoms with Crippen LogP contribution in [0.4, 0.5) is 0 Å². The maximum absolute atomic E-state index is 11.7. The van der Waals surface area contributed by atoms with Crippen molar-refractivity contribution in [2.45, 2.75) is 115 Å². The number of unbranched alkanes of at least 4 members (excludes halogenated alkanes) is 12. The van der Waals surface area contributed by atoms with E-state index in [2.05, 4.69) is 16.4 Å². The molecule has 31 heavy (non-hydrogen) atoms. The average molecular weight is 465 g/mol. The Kier molecular flexibility index (Phi) is 17.3. The van der Waals surface area contributed by atoms with Crippen LogP contribution in [0.25, 0.3) is 0 Å². The SMILES string of the molecule is CCCCCCCCCCCCCCCC(=O)OC(=O)CC(C(=O)OCC)S(=O)(=O)O. The van der Waals surface area contributed by atoms with Crippen LogP contribution in [0.3, 0.4) is 0 Å². The number of hydrogen-bond donors (Lipinski definition) is 1. The molecular weight excluding hydrogens is 424 g/mol. The maximum atomic E-state index is 11.7. The van der Waals surface area contributed by atoms with Crippen molar-refractivity contribution in [1.29, 1.82) is 0 Å². The number of carbonyl (C=O) groups excluding carboxylic acids is 3. The predicted molar refractivity (Wildman–Crippen MR) is 118 cm³/mol. The third-order valence-electron chi connectivity index (χ3n) is 4.97. The Labute approximate surface area is 187 Å². The second kappa shape index (κ2) is 18.1. The number of hydrogen-bond acceptors (Lipinski definition) is 7.